The largest absolute Gasteiger partial charge is 0.371 e. The zero-order valence-electron chi connectivity index (χ0n) is 15.5. The second-order valence-electron chi connectivity index (χ2n) is 6.90. The minimum absolute atomic E-state index is 0.359. The van der Waals surface area contributed by atoms with Crippen molar-refractivity contribution >= 4 is 23.1 Å². The molecule has 1 fully saturated rings. The van der Waals surface area contributed by atoms with E-state index in [1.807, 2.05) is 13.1 Å². The maximum Gasteiger partial charge on any atom is 0.224 e. The van der Waals surface area contributed by atoms with Crippen LogP contribution in [-0.4, -0.2) is 29.1 Å². The molecule has 1 atom stereocenters. The van der Waals surface area contributed by atoms with Gasteiger partial charge in [-0.15, -0.1) is 0 Å². The summed E-state index contributed by atoms with van der Waals surface area (Å²) >= 11 is 0. The Labute approximate surface area is 150 Å². The smallest absolute Gasteiger partial charge is 0.224 e. The van der Waals surface area contributed by atoms with Crippen molar-refractivity contribution in [2.24, 2.45) is 0 Å². The molecule has 2 heterocycles. The lowest BCUT2D eigenvalue weighted by Gasteiger charge is -2.29. The van der Waals surface area contributed by atoms with Gasteiger partial charge in [-0.2, -0.15) is 4.98 Å². The highest BCUT2D eigenvalue weighted by Gasteiger charge is 2.12. The third kappa shape index (κ3) is 4.62. The molecule has 1 saturated heterocycles. The minimum Gasteiger partial charge on any atom is -0.371 e. The molecule has 134 valence electrons. The van der Waals surface area contributed by atoms with Gasteiger partial charge in [-0.05, 0) is 57.7 Å². The molecular weight excluding hydrogens is 310 g/mol. The number of hydrogen-bond donors (Lipinski definition) is 2. The van der Waals surface area contributed by atoms with Gasteiger partial charge in [0, 0.05) is 42.3 Å². The summed E-state index contributed by atoms with van der Waals surface area (Å²) in [6, 6.07) is 8.98. The van der Waals surface area contributed by atoms with E-state index in [0.29, 0.717) is 12.0 Å². The van der Waals surface area contributed by atoms with Gasteiger partial charge in [-0.25, -0.2) is 4.98 Å². The van der Waals surface area contributed by atoms with E-state index in [-0.39, 0.29) is 0 Å². The molecule has 25 heavy (non-hydrogen) atoms. The highest BCUT2D eigenvalue weighted by Crippen LogP contribution is 2.26. The van der Waals surface area contributed by atoms with E-state index in [9.17, 15) is 0 Å². The summed E-state index contributed by atoms with van der Waals surface area (Å²) in [6.45, 7) is 8.62. The molecule has 0 radical (unpaired) electrons. The molecule has 0 bridgehead atoms. The molecular formula is C20H29N5. The first-order valence-electron chi connectivity index (χ1n) is 9.38. The monoisotopic (exact) mass is 339 g/mol. The van der Waals surface area contributed by atoms with Crippen LogP contribution in [0.5, 0.6) is 0 Å². The molecule has 5 nitrogen and oxygen atoms in total. The summed E-state index contributed by atoms with van der Waals surface area (Å²) in [5, 5.41) is 6.80. The normalized spacial score (nSPS) is 15.7. The fraction of sp³-hybridized carbons (Fsp3) is 0.500. The van der Waals surface area contributed by atoms with Crippen molar-refractivity contribution in [2.45, 2.75) is 52.5 Å². The molecule has 3 rings (SSSR count). The highest BCUT2D eigenvalue weighted by atomic mass is 15.2. The SMILES string of the molecule is CCC(C)Nc1ncc(C)c(Nc2cccc(N3CCCCC3)c2)n1. The number of benzene rings is 1. The van der Waals surface area contributed by atoms with E-state index in [4.69, 9.17) is 0 Å². The van der Waals surface area contributed by atoms with E-state index in [1.54, 1.807) is 0 Å². The van der Waals surface area contributed by atoms with Crippen LogP contribution in [0.4, 0.5) is 23.1 Å². The van der Waals surface area contributed by atoms with Crippen molar-refractivity contribution in [2.75, 3.05) is 28.6 Å². The fourth-order valence-electron chi connectivity index (χ4n) is 3.03. The van der Waals surface area contributed by atoms with Crippen LogP contribution in [0.15, 0.2) is 30.5 Å². The van der Waals surface area contributed by atoms with Gasteiger partial charge in [0.05, 0.1) is 0 Å². The predicted octanol–water partition coefficient (Wildman–Crippen LogP) is 4.73. The minimum atomic E-state index is 0.359. The lowest BCUT2D eigenvalue weighted by Crippen LogP contribution is -2.29. The number of aromatic nitrogens is 2. The maximum absolute atomic E-state index is 4.65. The van der Waals surface area contributed by atoms with Gasteiger partial charge in [0.15, 0.2) is 0 Å². The van der Waals surface area contributed by atoms with Gasteiger partial charge in [0.25, 0.3) is 0 Å². The summed E-state index contributed by atoms with van der Waals surface area (Å²) in [6.07, 6.45) is 6.83. The Balaban J connectivity index is 1.76. The molecule has 1 aliphatic heterocycles. The van der Waals surface area contributed by atoms with Crippen LogP contribution in [0.25, 0.3) is 0 Å². The van der Waals surface area contributed by atoms with Gasteiger partial charge in [-0.1, -0.05) is 13.0 Å². The molecule has 1 aromatic heterocycles. The standard InChI is InChI=1S/C20H29N5/c1-4-16(3)22-20-21-14-15(2)19(24-20)23-17-9-8-10-18(13-17)25-11-6-5-7-12-25/h8-10,13-14,16H,4-7,11-12H2,1-3H3,(H2,21,22,23,24). The van der Waals surface area contributed by atoms with Crippen LogP contribution in [0.1, 0.15) is 45.1 Å². The Morgan fingerprint density at radius 2 is 2.00 bits per heavy atom. The van der Waals surface area contributed by atoms with Crippen LogP contribution < -0.4 is 15.5 Å². The predicted molar refractivity (Wildman–Crippen MR) is 106 cm³/mol. The van der Waals surface area contributed by atoms with Crippen molar-refractivity contribution in [1.82, 2.24) is 9.97 Å². The first kappa shape index (κ1) is 17.5. The summed E-state index contributed by atoms with van der Waals surface area (Å²) in [5.74, 6) is 1.53. The second kappa shape index (κ2) is 8.19. The fourth-order valence-corrected chi connectivity index (χ4v) is 3.03. The molecule has 5 heteroatoms. The Hall–Kier alpha value is -2.30. The van der Waals surface area contributed by atoms with Gasteiger partial charge in [0.2, 0.25) is 5.95 Å². The summed E-state index contributed by atoms with van der Waals surface area (Å²) in [5.41, 5.74) is 3.40. The highest BCUT2D eigenvalue weighted by molar-refractivity contribution is 5.65. The number of rotatable bonds is 6. The van der Waals surface area contributed by atoms with Crippen LogP contribution in [-0.2, 0) is 0 Å². The number of hydrogen-bond acceptors (Lipinski definition) is 5. The lowest BCUT2D eigenvalue weighted by molar-refractivity contribution is 0.578. The van der Waals surface area contributed by atoms with Crippen LogP contribution in [0.3, 0.4) is 0 Å². The summed E-state index contributed by atoms with van der Waals surface area (Å²) in [4.78, 5) is 11.5. The van der Waals surface area contributed by atoms with Crippen LogP contribution in [0, 0.1) is 6.92 Å². The average molecular weight is 339 g/mol. The summed E-state index contributed by atoms with van der Waals surface area (Å²) < 4.78 is 0. The van der Waals surface area contributed by atoms with E-state index in [1.165, 1.54) is 24.9 Å². The number of nitrogens with one attached hydrogen (secondary N) is 2. The Morgan fingerprint density at radius 3 is 2.76 bits per heavy atom. The second-order valence-corrected chi connectivity index (χ2v) is 6.90. The Bertz CT molecular complexity index is 694. The number of anilines is 4. The molecule has 0 saturated carbocycles. The quantitative estimate of drug-likeness (QED) is 0.797. The Kier molecular flexibility index (Phi) is 5.74. The first-order chi connectivity index (χ1) is 12.2. The third-order valence-electron chi connectivity index (χ3n) is 4.79. The van der Waals surface area contributed by atoms with E-state index in [0.717, 1.165) is 36.6 Å². The van der Waals surface area contributed by atoms with Gasteiger partial charge >= 0.3 is 0 Å². The van der Waals surface area contributed by atoms with Crippen molar-refractivity contribution in [3.63, 3.8) is 0 Å². The van der Waals surface area contributed by atoms with Crippen LogP contribution in [0.2, 0.25) is 0 Å². The lowest BCUT2D eigenvalue weighted by atomic mass is 10.1. The van der Waals surface area contributed by atoms with Gasteiger partial charge < -0.3 is 15.5 Å². The zero-order valence-corrected chi connectivity index (χ0v) is 15.5. The molecule has 0 spiro atoms. The molecule has 0 amide bonds. The van der Waals surface area contributed by atoms with Crippen molar-refractivity contribution in [3.8, 4) is 0 Å². The molecule has 1 aliphatic rings. The van der Waals surface area contributed by atoms with E-state index >= 15 is 0 Å². The number of piperidine rings is 1. The van der Waals surface area contributed by atoms with Crippen molar-refractivity contribution < 1.29 is 0 Å². The summed E-state index contributed by atoms with van der Waals surface area (Å²) in [7, 11) is 0. The van der Waals surface area contributed by atoms with Gasteiger partial charge in [-0.3, -0.25) is 0 Å². The number of nitrogens with zero attached hydrogens (tertiary/aromatic N) is 3. The average Bonchev–Trinajstić information content (AvgIpc) is 2.65. The topological polar surface area (TPSA) is 53.1 Å². The number of aryl methyl sites for hydroxylation is 1. The first-order valence-corrected chi connectivity index (χ1v) is 9.38. The molecule has 0 aliphatic carbocycles. The van der Waals surface area contributed by atoms with Gasteiger partial charge in [0.1, 0.15) is 5.82 Å². The molecule has 1 unspecified atom stereocenters. The van der Waals surface area contributed by atoms with Crippen molar-refractivity contribution in [3.05, 3.63) is 36.0 Å². The molecule has 1 aromatic carbocycles. The maximum atomic E-state index is 4.65. The molecule has 2 N–H and O–H groups in total. The zero-order chi connectivity index (χ0) is 17.6. The van der Waals surface area contributed by atoms with Crippen molar-refractivity contribution in [1.29, 1.82) is 0 Å². The Morgan fingerprint density at radius 1 is 1.20 bits per heavy atom. The van der Waals surface area contributed by atoms with E-state index in [2.05, 4.69) is 63.6 Å². The molecule has 2 aromatic rings. The third-order valence-corrected chi connectivity index (χ3v) is 4.79. The van der Waals surface area contributed by atoms with E-state index < -0.39 is 0 Å². The van der Waals surface area contributed by atoms with Crippen LogP contribution >= 0.6 is 0 Å².